The van der Waals surface area contributed by atoms with Crippen LogP contribution in [0, 0.1) is 5.82 Å². The fourth-order valence-electron chi connectivity index (χ4n) is 3.38. The van der Waals surface area contributed by atoms with Crippen LogP contribution in [0.4, 0.5) is 10.1 Å². The molecule has 8 heteroatoms. The minimum absolute atomic E-state index is 0.166. The smallest absolute Gasteiger partial charge is 0.279 e. The molecule has 0 atom stereocenters. The molecule has 0 unspecified atom stereocenters. The lowest BCUT2D eigenvalue weighted by molar-refractivity contribution is -1.01. The Morgan fingerprint density at radius 1 is 1.07 bits per heavy atom. The average Bonchev–Trinajstić information content (AvgIpc) is 2.72. The van der Waals surface area contributed by atoms with Crippen LogP contribution in [0.25, 0.3) is 0 Å². The van der Waals surface area contributed by atoms with E-state index in [2.05, 4.69) is 5.32 Å². The number of nitrogens with one attached hydrogen (secondary N) is 3. The number of rotatable bonds is 8. The quantitative estimate of drug-likeness (QED) is 0.572. The van der Waals surface area contributed by atoms with Crippen LogP contribution in [0.2, 0.25) is 5.02 Å². The molecule has 2 aromatic rings. The summed E-state index contributed by atoms with van der Waals surface area (Å²) in [6.07, 6.45) is 0. The molecule has 2 aromatic carbocycles. The van der Waals surface area contributed by atoms with Crippen molar-refractivity contribution in [3.8, 4) is 11.5 Å². The monoisotopic (exact) mass is 423 g/mol. The van der Waals surface area contributed by atoms with E-state index in [0.717, 1.165) is 44.2 Å². The Morgan fingerprint density at radius 2 is 1.72 bits per heavy atom. The van der Waals surface area contributed by atoms with E-state index in [1.807, 2.05) is 24.3 Å². The zero-order valence-corrected chi connectivity index (χ0v) is 17.2. The van der Waals surface area contributed by atoms with Gasteiger partial charge in [0.25, 0.3) is 5.91 Å². The number of piperazine rings is 1. The molecule has 1 fully saturated rings. The minimum atomic E-state index is -0.521. The van der Waals surface area contributed by atoms with Gasteiger partial charge in [-0.05, 0) is 42.5 Å². The lowest BCUT2D eigenvalue weighted by Crippen LogP contribution is -3.28. The van der Waals surface area contributed by atoms with Gasteiger partial charge in [-0.3, -0.25) is 4.79 Å². The maximum atomic E-state index is 13.8. The first-order chi connectivity index (χ1) is 14.0. The molecule has 0 bridgehead atoms. The minimum Gasteiger partial charge on any atom is -0.497 e. The predicted molar refractivity (Wildman–Crippen MR) is 110 cm³/mol. The molecule has 6 nitrogen and oxygen atoms in total. The molecule has 0 saturated carbocycles. The number of carbonyl (C=O) groups excluding carboxylic acids is 1. The van der Waals surface area contributed by atoms with Crippen LogP contribution in [0.15, 0.2) is 42.5 Å². The first kappa shape index (κ1) is 21.4. The topological polar surface area (TPSA) is 56.4 Å². The largest absolute Gasteiger partial charge is 0.497 e. The van der Waals surface area contributed by atoms with E-state index >= 15 is 0 Å². The van der Waals surface area contributed by atoms with Gasteiger partial charge in [0.05, 0.1) is 12.8 Å². The first-order valence-corrected chi connectivity index (χ1v) is 10.1. The van der Waals surface area contributed by atoms with Crippen LogP contribution in [0.3, 0.4) is 0 Å². The fourth-order valence-corrected chi connectivity index (χ4v) is 3.54. The normalized spacial score (nSPS) is 18.9. The van der Waals surface area contributed by atoms with Gasteiger partial charge in [0.15, 0.2) is 6.54 Å². The molecule has 0 spiro atoms. The molecule has 1 heterocycles. The molecule has 156 valence electrons. The van der Waals surface area contributed by atoms with Crippen LogP contribution in [0.1, 0.15) is 0 Å². The average molecular weight is 424 g/mol. The maximum absolute atomic E-state index is 13.8. The second-order valence-corrected chi connectivity index (χ2v) is 7.56. The summed E-state index contributed by atoms with van der Waals surface area (Å²) in [6.45, 7) is 5.64. The summed E-state index contributed by atoms with van der Waals surface area (Å²) in [5.74, 6) is 0.935. The van der Waals surface area contributed by atoms with Crippen molar-refractivity contribution in [2.45, 2.75) is 0 Å². The van der Waals surface area contributed by atoms with Crippen molar-refractivity contribution in [1.29, 1.82) is 0 Å². The Labute approximate surface area is 175 Å². The van der Waals surface area contributed by atoms with E-state index in [9.17, 15) is 9.18 Å². The Morgan fingerprint density at radius 3 is 2.38 bits per heavy atom. The van der Waals surface area contributed by atoms with Crippen molar-refractivity contribution < 1.29 is 28.5 Å². The van der Waals surface area contributed by atoms with Crippen molar-refractivity contribution >= 4 is 23.2 Å². The van der Waals surface area contributed by atoms with E-state index in [1.165, 1.54) is 21.9 Å². The number of methoxy groups -OCH3 is 1. The number of amides is 1. The first-order valence-electron chi connectivity index (χ1n) is 9.72. The second kappa shape index (κ2) is 10.4. The van der Waals surface area contributed by atoms with Gasteiger partial charge >= 0.3 is 0 Å². The van der Waals surface area contributed by atoms with Gasteiger partial charge in [-0.25, -0.2) is 4.39 Å². The van der Waals surface area contributed by atoms with Gasteiger partial charge in [0.2, 0.25) is 0 Å². The van der Waals surface area contributed by atoms with Crippen LogP contribution < -0.4 is 24.6 Å². The number of quaternary nitrogens is 2. The molecule has 1 aliphatic heterocycles. The number of halogens is 2. The maximum Gasteiger partial charge on any atom is 0.279 e. The summed E-state index contributed by atoms with van der Waals surface area (Å²) in [5.41, 5.74) is 0.166. The van der Waals surface area contributed by atoms with Gasteiger partial charge in [-0.2, -0.15) is 0 Å². The molecule has 1 saturated heterocycles. The summed E-state index contributed by atoms with van der Waals surface area (Å²) < 4.78 is 24.7. The fraction of sp³-hybridized carbons (Fsp3) is 0.381. The number of hydrogen-bond acceptors (Lipinski definition) is 3. The molecule has 3 N–H and O–H groups in total. The zero-order valence-electron chi connectivity index (χ0n) is 16.5. The Kier molecular flexibility index (Phi) is 7.69. The molecule has 0 aliphatic carbocycles. The molecule has 1 amide bonds. The third kappa shape index (κ3) is 6.59. The summed E-state index contributed by atoms with van der Waals surface area (Å²) in [6, 6.07) is 11.8. The van der Waals surface area contributed by atoms with E-state index < -0.39 is 5.82 Å². The third-order valence-corrected chi connectivity index (χ3v) is 5.30. The molecule has 1 aliphatic rings. The summed E-state index contributed by atoms with van der Waals surface area (Å²) in [4.78, 5) is 14.9. The van der Waals surface area contributed by atoms with Gasteiger partial charge < -0.3 is 24.6 Å². The Bertz CT molecular complexity index is 811. The lowest BCUT2D eigenvalue weighted by atomic mass is 10.3. The van der Waals surface area contributed by atoms with Gasteiger partial charge in [-0.15, -0.1) is 0 Å². The SMILES string of the molecule is COc1ccc(OCC[NH+]2CC[NH+](CC(=O)Nc3ccc(Cl)cc3F)CC2)cc1. The van der Waals surface area contributed by atoms with Crippen molar-refractivity contribution in [3.63, 3.8) is 0 Å². The molecular formula is C21H27ClFN3O3+2. The number of anilines is 1. The molecule has 0 aromatic heterocycles. The molecular weight excluding hydrogens is 397 g/mol. The van der Waals surface area contributed by atoms with E-state index in [0.29, 0.717) is 18.2 Å². The van der Waals surface area contributed by atoms with Crippen LogP contribution in [0.5, 0.6) is 11.5 Å². The lowest BCUT2D eigenvalue weighted by Gasteiger charge is -2.29. The molecule has 29 heavy (non-hydrogen) atoms. The number of carbonyl (C=O) groups is 1. The zero-order chi connectivity index (χ0) is 20.6. The summed E-state index contributed by atoms with van der Waals surface area (Å²) >= 11 is 5.73. The molecule has 3 rings (SSSR count). The van der Waals surface area contributed by atoms with Crippen LogP contribution >= 0.6 is 11.6 Å². The summed E-state index contributed by atoms with van der Waals surface area (Å²) in [7, 11) is 1.64. The predicted octanol–water partition coefficient (Wildman–Crippen LogP) is 0.289. The number of benzene rings is 2. The van der Waals surface area contributed by atoms with Crippen LogP contribution in [-0.2, 0) is 4.79 Å². The van der Waals surface area contributed by atoms with E-state index in [4.69, 9.17) is 21.1 Å². The Balaban J connectivity index is 1.34. The highest BCUT2D eigenvalue weighted by atomic mass is 35.5. The highest BCUT2D eigenvalue weighted by molar-refractivity contribution is 6.30. The van der Waals surface area contributed by atoms with Crippen molar-refractivity contribution in [1.82, 2.24) is 0 Å². The van der Waals surface area contributed by atoms with Crippen LogP contribution in [-0.4, -0.2) is 58.9 Å². The molecule has 0 radical (unpaired) electrons. The van der Waals surface area contributed by atoms with Crippen molar-refractivity contribution in [3.05, 3.63) is 53.3 Å². The third-order valence-electron chi connectivity index (χ3n) is 5.06. The van der Waals surface area contributed by atoms with Gasteiger partial charge in [0, 0.05) is 5.02 Å². The Hall–Kier alpha value is -2.35. The number of hydrogen-bond donors (Lipinski definition) is 3. The number of ether oxygens (including phenoxy) is 2. The van der Waals surface area contributed by atoms with Crippen molar-refractivity contribution in [2.24, 2.45) is 0 Å². The second-order valence-electron chi connectivity index (χ2n) is 7.12. The van der Waals surface area contributed by atoms with Gasteiger partial charge in [-0.1, -0.05) is 11.6 Å². The highest BCUT2D eigenvalue weighted by Crippen LogP contribution is 2.18. The highest BCUT2D eigenvalue weighted by Gasteiger charge is 2.25. The van der Waals surface area contributed by atoms with Gasteiger partial charge in [0.1, 0.15) is 56.6 Å². The van der Waals surface area contributed by atoms with E-state index in [-0.39, 0.29) is 11.6 Å². The standard InChI is InChI=1S/C21H25ClFN3O3/c1-28-17-3-5-18(6-4-17)29-13-12-25-8-10-26(11-9-25)15-21(27)24-20-7-2-16(22)14-19(20)23/h2-7,14H,8-13,15H2,1H3,(H,24,27)/p+2. The van der Waals surface area contributed by atoms with E-state index in [1.54, 1.807) is 13.2 Å². The van der Waals surface area contributed by atoms with Crippen molar-refractivity contribution in [2.75, 3.05) is 58.3 Å². The summed E-state index contributed by atoms with van der Waals surface area (Å²) in [5, 5.41) is 2.93.